The lowest BCUT2D eigenvalue weighted by atomic mass is 10.2. The minimum atomic E-state index is -0.139. The molecule has 3 rings (SSSR count). The Labute approximate surface area is 120 Å². The predicted molar refractivity (Wildman–Crippen MR) is 74.0 cm³/mol. The Hall–Kier alpha value is -2.89. The minimum Gasteiger partial charge on any atom is -0.461 e. The molecule has 3 heterocycles. The van der Waals surface area contributed by atoms with Gasteiger partial charge in [0.05, 0.1) is 30.6 Å². The molecule has 0 fully saturated rings. The first-order valence-corrected chi connectivity index (χ1v) is 6.47. The molecule has 21 heavy (non-hydrogen) atoms. The average molecular weight is 283 g/mol. The molecule has 0 aliphatic rings. The molecule has 0 aromatic carbocycles. The molecule has 3 aromatic rings. The molecule has 3 aromatic heterocycles. The van der Waals surface area contributed by atoms with Crippen LogP contribution in [0.1, 0.15) is 11.4 Å². The van der Waals surface area contributed by atoms with Gasteiger partial charge in [0.1, 0.15) is 0 Å². The molecule has 6 nitrogen and oxygen atoms in total. The number of carbonyl (C=O) groups excluding carboxylic acids is 1. The maximum atomic E-state index is 11.8. The van der Waals surface area contributed by atoms with Crippen molar-refractivity contribution in [1.29, 1.82) is 0 Å². The van der Waals surface area contributed by atoms with E-state index in [2.05, 4.69) is 15.5 Å². The van der Waals surface area contributed by atoms with Crippen LogP contribution in [0.3, 0.4) is 0 Å². The van der Waals surface area contributed by atoms with Gasteiger partial charge in [0.25, 0.3) is 0 Å². The predicted octanol–water partition coefficient (Wildman–Crippen LogP) is 2.19. The Morgan fingerprint density at radius 3 is 2.86 bits per heavy atom. The summed E-state index contributed by atoms with van der Waals surface area (Å²) in [5.74, 6) is 0.954. The summed E-state index contributed by atoms with van der Waals surface area (Å²) in [7, 11) is 0. The van der Waals surface area contributed by atoms with Crippen molar-refractivity contribution in [2.75, 3.05) is 0 Å². The summed E-state index contributed by atoms with van der Waals surface area (Å²) in [5, 5.41) is 6.64. The van der Waals surface area contributed by atoms with E-state index >= 15 is 0 Å². The molecule has 0 aliphatic heterocycles. The van der Waals surface area contributed by atoms with E-state index in [0.29, 0.717) is 23.8 Å². The van der Waals surface area contributed by atoms with E-state index in [-0.39, 0.29) is 12.3 Å². The maximum Gasteiger partial charge on any atom is 0.226 e. The van der Waals surface area contributed by atoms with Crippen LogP contribution in [0, 0.1) is 0 Å². The van der Waals surface area contributed by atoms with Crippen LogP contribution in [0.25, 0.3) is 11.5 Å². The first-order valence-electron chi connectivity index (χ1n) is 6.47. The topological polar surface area (TPSA) is 81.2 Å². The third kappa shape index (κ3) is 3.36. The molecule has 6 heteroatoms. The zero-order valence-electron chi connectivity index (χ0n) is 11.2. The van der Waals surface area contributed by atoms with Crippen LogP contribution in [0.5, 0.6) is 0 Å². The molecular weight excluding hydrogens is 270 g/mol. The van der Waals surface area contributed by atoms with Gasteiger partial charge >= 0.3 is 0 Å². The number of amides is 1. The molecular formula is C15H13N3O3. The number of rotatable bonds is 5. The largest absolute Gasteiger partial charge is 0.461 e. The van der Waals surface area contributed by atoms with Crippen LogP contribution in [-0.2, 0) is 17.8 Å². The van der Waals surface area contributed by atoms with Gasteiger partial charge in [-0.25, -0.2) is 0 Å². The zero-order chi connectivity index (χ0) is 14.5. The van der Waals surface area contributed by atoms with Crippen LogP contribution >= 0.6 is 0 Å². The maximum absolute atomic E-state index is 11.8. The van der Waals surface area contributed by atoms with Crippen molar-refractivity contribution >= 4 is 5.91 Å². The minimum absolute atomic E-state index is 0.139. The Morgan fingerprint density at radius 1 is 1.14 bits per heavy atom. The van der Waals surface area contributed by atoms with E-state index in [1.165, 1.54) is 0 Å². The number of carbonyl (C=O) groups is 1. The standard InChI is InChI=1S/C15H13N3O3/c19-15(17-10-11-4-1-2-6-16-11)9-12-8-14(21-18-12)13-5-3-7-20-13/h1-8H,9-10H2,(H,17,19). The van der Waals surface area contributed by atoms with E-state index < -0.39 is 0 Å². The second-order valence-corrected chi connectivity index (χ2v) is 4.43. The van der Waals surface area contributed by atoms with Crippen molar-refractivity contribution in [1.82, 2.24) is 15.5 Å². The van der Waals surface area contributed by atoms with Crippen molar-refractivity contribution in [3.05, 3.63) is 60.2 Å². The lowest BCUT2D eigenvalue weighted by Gasteiger charge is -2.02. The van der Waals surface area contributed by atoms with Gasteiger partial charge in [-0.3, -0.25) is 9.78 Å². The van der Waals surface area contributed by atoms with Gasteiger partial charge in [-0.15, -0.1) is 0 Å². The zero-order valence-corrected chi connectivity index (χ0v) is 11.2. The summed E-state index contributed by atoms with van der Waals surface area (Å²) in [5.41, 5.74) is 1.36. The molecule has 1 N–H and O–H groups in total. The number of aromatic nitrogens is 2. The fourth-order valence-electron chi connectivity index (χ4n) is 1.85. The number of hydrogen-bond acceptors (Lipinski definition) is 5. The average Bonchev–Trinajstić information content (AvgIpc) is 3.17. The van der Waals surface area contributed by atoms with Crippen molar-refractivity contribution in [2.45, 2.75) is 13.0 Å². The van der Waals surface area contributed by atoms with Crippen molar-refractivity contribution < 1.29 is 13.7 Å². The number of nitrogens with one attached hydrogen (secondary N) is 1. The van der Waals surface area contributed by atoms with Gasteiger partial charge in [0, 0.05) is 12.3 Å². The number of furan rings is 1. The van der Waals surface area contributed by atoms with Gasteiger partial charge in [-0.1, -0.05) is 11.2 Å². The molecule has 0 atom stereocenters. The van der Waals surface area contributed by atoms with E-state index in [9.17, 15) is 4.79 Å². The first-order chi connectivity index (χ1) is 10.3. The van der Waals surface area contributed by atoms with Crippen LogP contribution in [-0.4, -0.2) is 16.0 Å². The highest BCUT2D eigenvalue weighted by Crippen LogP contribution is 2.20. The Balaban J connectivity index is 1.55. The summed E-state index contributed by atoms with van der Waals surface area (Å²) in [6.45, 7) is 0.391. The molecule has 106 valence electrons. The van der Waals surface area contributed by atoms with Crippen molar-refractivity contribution in [3.8, 4) is 11.5 Å². The summed E-state index contributed by atoms with van der Waals surface area (Å²) in [4.78, 5) is 16.0. The van der Waals surface area contributed by atoms with Crippen LogP contribution in [0.4, 0.5) is 0 Å². The van der Waals surface area contributed by atoms with Crippen LogP contribution < -0.4 is 5.32 Å². The monoisotopic (exact) mass is 283 g/mol. The molecule has 0 aliphatic carbocycles. The highest BCUT2D eigenvalue weighted by Gasteiger charge is 2.12. The molecule has 0 radical (unpaired) electrons. The van der Waals surface area contributed by atoms with Gasteiger partial charge in [-0.05, 0) is 24.3 Å². The molecule has 1 amide bonds. The van der Waals surface area contributed by atoms with Crippen molar-refractivity contribution in [2.24, 2.45) is 0 Å². The summed E-state index contributed by atoms with van der Waals surface area (Å²) in [6, 6.07) is 10.8. The summed E-state index contributed by atoms with van der Waals surface area (Å²) < 4.78 is 10.3. The molecule has 0 saturated heterocycles. The normalized spacial score (nSPS) is 10.5. The quantitative estimate of drug-likeness (QED) is 0.776. The molecule has 0 unspecified atom stereocenters. The third-order valence-electron chi connectivity index (χ3n) is 2.86. The lowest BCUT2D eigenvalue weighted by molar-refractivity contribution is -0.120. The number of pyridine rings is 1. The highest BCUT2D eigenvalue weighted by atomic mass is 16.5. The van der Waals surface area contributed by atoms with E-state index in [1.807, 2.05) is 18.2 Å². The Bertz CT molecular complexity index is 705. The van der Waals surface area contributed by atoms with Gasteiger partial charge in [-0.2, -0.15) is 0 Å². The summed E-state index contributed by atoms with van der Waals surface area (Å²) >= 11 is 0. The molecule has 0 bridgehead atoms. The smallest absolute Gasteiger partial charge is 0.226 e. The first kappa shape index (κ1) is 13.1. The number of nitrogens with zero attached hydrogens (tertiary/aromatic N) is 2. The molecule has 0 spiro atoms. The SMILES string of the molecule is O=C(Cc1cc(-c2ccco2)on1)NCc1ccccn1. The fraction of sp³-hybridized carbons (Fsp3) is 0.133. The van der Waals surface area contributed by atoms with Gasteiger partial charge in [0.15, 0.2) is 5.76 Å². The fourth-order valence-corrected chi connectivity index (χ4v) is 1.85. The van der Waals surface area contributed by atoms with Gasteiger partial charge < -0.3 is 14.3 Å². The second kappa shape index (κ2) is 6.04. The van der Waals surface area contributed by atoms with E-state index in [1.54, 1.807) is 30.7 Å². The molecule has 0 saturated carbocycles. The Kier molecular flexibility index (Phi) is 3.77. The van der Waals surface area contributed by atoms with Crippen molar-refractivity contribution in [3.63, 3.8) is 0 Å². The van der Waals surface area contributed by atoms with Crippen LogP contribution in [0.15, 0.2) is 57.8 Å². The lowest BCUT2D eigenvalue weighted by Crippen LogP contribution is -2.25. The van der Waals surface area contributed by atoms with E-state index in [0.717, 1.165) is 5.69 Å². The third-order valence-corrected chi connectivity index (χ3v) is 2.86. The summed E-state index contributed by atoms with van der Waals surface area (Å²) in [6.07, 6.45) is 3.39. The second-order valence-electron chi connectivity index (χ2n) is 4.43. The Morgan fingerprint density at radius 2 is 2.10 bits per heavy atom. The van der Waals surface area contributed by atoms with E-state index in [4.69, 9.17) is 8.94 Å². The van der Waals surface area contributed by atoms with Gasteiger partial charge in [0.2, 0.25) is 11.7 Å². The van der Waals surface area contributed by atoms with Crippen LogP contribution in [0.2, 0.25) is 0 Å². The number of hydrogen-bond donors (Lipinski definition) is 1. The highest BCUT2D eigenvalue weighted by molar-refractivity contribution is 5.78.